The number of carbonyl (C=O) groups is 1. The van der Waals surface area contributed by atoms with E-state index in [-0.39, 0.29) is 5.91 Å². The van der Waals surface area contributed by atoms with Gasteiger partial charge in [0.15, 0.2) is 0 Å². The first-order chi connectivity index (χ1) is 14.2. The van der Waals surface area contributed by atoms with Gasteiger partial charge in [-0.25, -0.2) is 0 Å². The zero-order chi connectivity index (χ0) is 20.1. The van der Waals surface area contributed by atoms with Gasteiger partial charge >= 0.3 is 0 Å². The number of amides is 1. The highest BCUT2D eigenvalue weighted by molar-refractivity contribution is 7.09. The maximum Gasteiger partial charge on any atom is 0.255 e. The number of nitrogens with one attached hydrogen (secondary N) is 1. The number of fused-ring (bicyclic) bond motifs is 1. The van der Waals surface area contributed by atoms with Gasteiger partial charge in [0.1, 0.15) is 5.75 Å². The van der Waals surface area contributed by atoms with E-state index < -0.39 is 0 Å². The van der Waals surface area contributed by atoms with Gasteiger partial charge in [0.2, 0.25) is 0 Å². The van der Waals surface area contributed by atoms with Gasteiger partial charge in [0.05, 0.1) is 12.2 Å². The van der Waals surface area contributed by atoms with Crippen molar-refractivity contribution in [2.45, 2.75) is 26.3 Å². The molecule has 2 aromatic carbocycles. The van der Waals surface area contributed by atoms with E-state index in [4.69, 9.17) is 4.74 Å². The quantitative estimate of drug-likeness (QED) is 0.602. The summed E-state index contributed by atoms with van der Waals surface area (Å²) in [7, 11) is 0. The molecule has 1 fully saturated rings. The molecule has 0 radical (unpaired) electrons. The van der Waals surface area contributed by atoms with E-state index in [0.717, 1.165) is 49.8 Å². The van der Waals surface area contributed by atoms with Crippen LogP contribution in [0, 0.1) is 5.92 Å². The Bertz CT molecular complexity index is 947. The molecule has 3 aromatic rings. The highest BCUT2D eigenvalue weighted by Crippen LogP contribution is 2.28. The first kappa shape index (κ1) is 19.9. The average Bonchev–Trinajstić information content (AvgIpc) is 3.26. The van der Waals surface area contributed by atoms with E-state index >= 15 is 0 Å². The SMILES string of the molecule is CCOc1ccc2ccccc2c1C(=O)NCC1CCN(Cc2cccs2)CC1. The minimum Gasteiger partial charge on any atom is -0.493 e. The molecular weight excluding hydrogens is 380 g/mol. The number of likely N-dealkylation sites (tertiary alicyclic amines) is 1. The van der Waals surface area contributed by atoms with Crippen molar-refractivity contribution in [3.05, 3.63) is 64.4 Å². The van der Waals surface area contributed by atoms with Gasteiger partial charge < -0.3 is 10.1 Å². The van der Waals surface area contributed by atoms with Gasteiger partial charge in [-0.15, -0.1) is 11.3 Å². The molecule has 0 spiro atoms. The molecule has 1 amide bonds. The summed E-state index contributed by atoms with van der Waals surface area (Å²) in [5.41, 5.74) is 0.653. The summed E-state index contributed by atoms with van der Waals surface area (Å²) in [4.78, 5) is 17.0. The Morgan fingerprint density at radius 2 is 1.97 bits per heavy atom. The Morgan fingerprint density at radius 3 is 2.72 bits per heavy atom. The first-order valence-corrected chi connectivity index (χ1v) is 11.3. The Labute approximate surface area is 176 Å². The Morgan fingerprint density at radius 1 is 1.14 bits per heavy atom. The molecule has 0 aliphatic carbocycles. The van der Waals surface area contributed by atoms with Crippen molar-refractivity contribution in [1.82, 2.24) is 10.2 Å². The van der Waals surface area contributed by atoms with Gasteiger partial charge in [-0.05, 0) is 67.1 Å². The summed E-state index contributed by atoms with van der Waals surface area (Å²) < 4.78 is 5.76. The molecule has 29 heavy (non-hydrogen) atoms. The van der Waals surface area contributed by atoms with Gasteiger partial charge in [-0.3, -0.25) is 9.69 Å². The molecular formula is C24H28N2O2S. The second kappa shape index (κ2) is 9.42. The molecule has 152 valence electrons. The van der Waals surface area contributed by atoms with E-state index in [2.05, 4.69) is 27.7 Å². The van der Waals surface area contributed by atoms with Crippen molar-refractivity contribution in [1.29, 1.82) is 0 Å². The van der Waals surface area contributed by atoms with Gasteiger partial charge in [0, 0.05) is 18.0 Å². The first-order valence-electron chi connectivity index (χ1n) is 10.4. The Balaban J connectivity index is 1.37. The molecule has 1 aromatic heterocycles. The van der Waals surface area contributed by atoms with Crippen molar-refractivity contribution in [2.75, 3.05) is 26.2 Å². The van der Waals surface area contributed by atoms with Gasteiger partial charge in [-0.1, -0.05) is 36.4 Å². The van der Waals surface area contributed by atoms with Crippen LogP contribution in [-0.2, 0) is 6.54 Å². The monoisotopic (exact) mass is 408 g/mol. The van der Waals surface area contributed by atoms with Crippen molar-refractivity contribution in [3.8, 4) is 5.75 Å². The zero-order valence-corrected chi connectivity index (χ0v) is 17.7. The Kier molecular flexibility index (Phi) is 6.47. The lowest BCUT2D eigenvalue weighted by molar-refractivity contribution is 0.0933. The number of hydrogen-bond acceptors (Lipinski definition) is 4. The highest BCUT2D eigenvalue weighted by atomic mass is 32.1. The fraction of sp³-hybridized carbons (Fsp3) is 0.375. The number of piperidine rings is 1. The third kappa shape index (κ3) is 4.80. The minimum atomic E-state index is -0.0359. The normalized spacial score (nSPS) is 15.5. The van der Waals surface area contributed by atoms with Crippen LogP contribution in [0.5, 0.6) is 5.75 Å². The highest BCUT2D eigenvalue weighted by Gasteiger charge is 2.22. The van der Waals surface area contributed by atoms with Crippen molar-refractivity contribution in [2.24, 2.45) is 5.92 Å². The molecule has 0 saturated carbocycles. The third-order valence-electron chi connectivity index (χ3n) is 5.64. The number of thiophene rings is 1. The summed E-state index contributed by atoms with van der Waals surface area (Å²) >= 11 is 1.82. The van der Waals surface area contributed by atoms with Crippen LogP contribution >= 0.6 is 11.3 Å². The minimum absolute atomic E-state index is 0.0359. The van der Waals surface area contributed by atoms with Crippen LogP contribution in [-0.4, -0.2) is 37.0 Å². The summed E-state index contributed by atoms with van der Waals surface area (Å²) in [6, 6.07) is 16.2. The predicted octanol–water partition coefficient (Wildman–Crippen LogP) is 4.94. The van der Waals surface area contributed by atoms with E-state index in [1.54, 1.807) is 0 Å². The molecule has 2 heterocycles. The lowest BCUT2D eigenvalue weighted by Crippen LogP contribution is -2.38. The molecule has 1 aliphatic rings. The van der Waals surface area contributed by atoms with Crippen LogP contribution in [0.15, 0.2) is 53.9 Å². The average molecular weight is 409 g/mol. The fourth-order valence-corrected chi connectivity index (χ4v) is 4.80. The summed E-state index contributed by atoms with van der Waals surface area (Å²) in [5, 5.41) is 7.33. The zero-order valence-electron chi connectivity index (χ0n) is 16.9. The van der Waals surface area contributed by atoms with Crippen molar-refractivity contribution < 1.29 is 9.53 Å². The number of carbonyl (C=O) groups excluding carboxylic acids is 1. The number of rotatable bonds is 7. The van der Waals surface area contributed by atoms with Crippen LogP contribution in [0.3, 0.4) is 0 Å². The smallest absolute Gasteiger partial charge is 0.255 e. The standard InChI is InChI=1S/C24H28N2O2S/c1-2-28-22-10-9-19-6-3-4-8-21(19)23(22)24(27)25-16-18-11-13-26(14-12-18)17-20-7-5-15-29-20/h3-10,15,18H,2,11-14,16-17H2,1H3,(H,25,27). The summed E-state index contributed by atoms with van der Waals surface area (Å²) in [6.07, 6.45) is 2.25. The molecule has 0 bridgehead atoms. The second-order valence-corrected chi connectivity index (χ2v) is 8.63. The number of benzene rings is 2. The summed E-state index contributed by atoms with van der Waals surface area (Å²) in [5.74, 6) is 1.16. The van der Waals surface area contributed by atoms with Crippen LogP contribution < -0.4 is 10.1 Å². The Hall–Kier alpha value is -2.37. The topological polar surface area (TPSA) is 41.6 Å². The number of ether oxygens (including phenoxy) is 1. The predicted molar refractivity (Wildman–Crippen MR) is 120 cm³/mol. The molecule has 4 rings (SSSR count). The molecule has 1 aliphatic heterocycles. The molecule has 1 N–H and O–H groups in total. The van der Waals surface area contributed by atoms with E-state index in [1.165, 1.54) is 4.88 Å². The molecule has 4 nitrogen and oxygen atoms in total. The van der Waals surface area contributed by atoms with E-state index in [0.29, 0.717) is 23.8 Å². The van der Waals surface area contributed by atoms with Gasteiger partial charge in [0.25, 0.3) is 5.91 Å². The van der Waals surface area contributed by atoms with Crippen LogP contribution in [0.25, 0.3) is 10.8 Å². The van der Waals surface area contributed by atoms with Crippen LogP contribution in [0.2, 0.25) is 0 Å². The third-order valence-corrected chi connectivity index (χ3v) is 6.50. The second-order valence-electron chi connectivity index (χ2n) is 7.60. The molecule has 5 heteroatoms. The van der Waals surface area contributed by atoms with E-state index in [9.17, 15) is 4.79 Å². The largest absolute Gasteiger partial charge is 0.493 e. The maximum absolute atomic E-state index is 13.1. The lowest BCUT2D eigenvalue weighted by atomic mass is 9.96. The van der Waals surface area contributed by atoms with Gasteiger partial charge in [-0.2, -0.15) is 0 Å². The lowest BCUT2D eigenvalue weighted by Gasteiger charge is -2.31. The summed E-state index contributed by atoms with van der Waals surface area (Å²) in [6.45, 7) is 6.45. The number of hydrogen-bond donors (Lipinski definition) is 1. The van der Waals surface area contributed by atoms with E-state index in [1.807, 2.05) is 54.7 Å². The molecule has 0 unspecified atom stereocenters. The maximum atomic E-state index is 13.1. The molecule has 1 saturated heterocycles. The number of nitrogens with zero attached hydrogens (tertiary/aromatic N) is 1. The fourth-order valence-electron chi connectivity index (χ4n) is 4.06. The van der Waals surface area contributed by atoms with Crippen molar-refractivity contribution >= 4 is 28.0 Å². The molecule has 0 atom stereocenters. The van der Waals surface area contributed by atoms with Crippen LogP contribution in [0.4, 0.5) is 0 Å². The van der Waals surface area contributed by atoms with Crippen LogP contribution in [0.1, 0.15) is 35.0 Å². The van der Waals surface area contributed by atoms with Crippen molar-refractivity contribution in [3.63, 3.8) is 0 Å².